The average molecular weight is 472 g/mol. The van der Waals surface area contributed by atoms with Crippen LogP contribution in [0.4, 0.5) is 0 Å². The Bertz CT molecular complexity index is 1190. The van der Waals surface area contributed by atoms with Crippen molar-refractivity contribution in [2.24, 2.45) is 10.2 Å². The Morgan fingerprint density at radius 1 is 1.10 bits per heavy atom. The normalized spacial score (nSPS) is 17.4. The van der Waals surface area contributed by atoms with Gasteiger partial charge in [-0.15, -0.1) is 5.10 Å². The molecule has 1 aliphatic rings. The van der Waals surface area contributed by atoms with Gasteiger partial charge in [0.15, 0.2) is 11.0 Å². The van der Waals surface area contributed by atoms with Gasteiger partial charge < -0.3 is 9.73 Å². The molecule has 31 heavy (non-hydrogen) atoms. The number of carbonyl (C=O) groups is 2. The monoisotopic (exact) mass is 471 g/mol. The number of benzene rings is 2. The van der Waals surface area contributed by atoms with Gasteiger partial charge in [0, 0.05) is 17.5 Å². The lowest BCUT2D eigenvalue weighted by Gasteiger charge is -2.04. The largest absolute Gasteiger partial charge is 0.455 e. The highest BCUT2D eigenvalue weighted by molar-refractivity contribution is 8.15. The molecule has 1 saturated heterocycles. The number of amides is 1. The molecular formula is C22H15Cl2N3O3S. The summed E-state index contributed by atoms with van der Waals surface area (Å²) in [6.07, 6.45) is 1.53. The Labute approximate surface area is 192 Å². The zero-order valence-corrected chi connectivity index (χ0v) is 18.2. The van der Waals surface area contributed by atoms with E-state index < -0.39 is 5.25 Å². The molecule has 2 aromatic carbocycles. The van der Waals surface area contributed by atoms with Crippen molar-refractivity contribution in [3.05, 3.63) is 82.0 Å². The van der Waals surface area contributed by atoms with Crippen molar-refractivity contribution in [3.8, 4) is 11.3 Å². The highest BCUT2D eigenvalue weighted by Gasteiger charge is 2.32. The fourth-order valence-electron chi connectivity index (χ4n) is 2.86. The van der Waals surface area contributed by atoms with Gasteiger partial charge in [0.05, 0.1) is 21.5 Å². The third kappa shape index (κ3) is 5.25. The van der Waals surface area contributed by atoms with Crippen LogP contribution in [0.25, 0.3) is 11.3 Å². The molecule has 0 aliphatic carbocycles. The Morgan fingerprint density at radius 3 is 2.68 bits per heavy atom. The minimum atomic E-state index is -0.536. The number of hydrogen-bond acceptors (Lipinski definition) is 6. The number of Topliss-reactive ketones (excluding diaryl/α,β-unsaturated/α-hetero) is 1. The Morgan fingerprint density at radius 2 is 1.90 bits per heavy atom. The quantitative estimate of drug-likeness (QED) is 0.294. The van der Waals surface area contributed by atoms with Crippen molar-refractivity contribution < 1.29 is 14.0 Å². The molecule has 156 valence electrons. The summed E-state index contributed by atoms with van der Waals surface area (Å²) < 4.78 is 5.71. The van der Waals surface area contributed by atoms with E-state index in [4.69, 9.17) is 27.6 Å². The molecule has 1 unspecified atom stereocenters. The third-order valence-electron chi connectivity index (χ3n) is 4.41. The predicted molar refractivity (Wildman–Crippen MR) is 124 cm³/mol. The summed E-state index contributed by atoms with van der Waals surface area (Å²) >= 11 is 13.2. The highest BCUT2D eigenvalue weighted by atomic mass is 35.5. The number of rotatable bonds is 6. The van der Waals surface area contributed by atoms with Gasteiger partial charge in [0.25, 0.3) is 0 Å². The Balaban J connectivity index is 1.38. The second-order valence-electron chi connectivity index (χ2n) is 6.57. The molecular weight excluding hydrogens is 457 g/mol. The van der Waals surface area contributed by atoms with Gasteiger partial charge in [-0.3, -0.25) is 9.59 Å². The van der Waals surface area contributed by atoms with Gasteiger partial charge in [-0.05, 0) is 30.3 Å². The van der Waals surface area contributed by atoms with Crippen molar-refractivity contribution in [2.45, 2.75) is 11.7 Å². The maximum Gasteiger partial charge on any atom is 0.240 e. The molecule has 6 nitrogen and oxygen atoms in total. The van der Waals surface area contributed by atoms with Crippen molar-refractivity contribution in [2.75, 3.05) is 0 Å². The number of halogens is 2. The number of hydrogen-bond donors (Lipinski definition) is 1. The number of ketones is 1. The summed E-state index contributed by atoms with van der Waals surface area (Å²) in [6, 6.07) is 17.6. The standard InChI is InChI=1S/C22H15Cl2N3O3S/c23-16-8-6-14(10-17(16)24)19-9-7-15(30-19)12-25-27-22-26-21(29)20(31-22)11-18(28)13-4-2-1-3-5-13/h1-10,12,20H,11H2,(H,26,27,29)/b25-12+. The molecule has 9 heteroatoms. The van der Waals surface area contributed by atoms with Crippen molar-refractivity contribution >= 4 is 58.0 Å². The van der Waals surface area contributed by atoms with Crippen molar-refractivity contribution in [1.82, 2.24) is 5.32 Å². The Kier molecular flexibility index (Phi) is 6.56. The molecule has 2 heterocycles. The summed E-state index contributed by atoms with van der Waals surface area (Å²) in [5, 5.41) is 11.3. The van der Waals surface area contributed by atoms with Crippen LogP contribution in [0.2, 0.25) is 10.0 Å². The molecule has 0 saturated carbocycles. The van der Waals surface area contributed by atoms with Gasteiger partial charge in [-0.2, -0.15) is 5.10 Å². The van der Waals surface area contributed by atoms with E-state index in [0.29, 0.717) is 32.3 Å². The molecule has 1 atom stereocenters. The third-order valence-corrected chi connectivity index (χ3v) is 6.22. The molecule has 1 aromatic heterocycles. The lowest BCUT2D eigenvalue weighted by molar-refractivity contribution is -0.118. The number of carbonyl (C=O) groups excluding carboxylic acids is 2. The predicted octanol–water partition coefficient (Wildman–Crippen LogP) is 5.45. The number of amidine groups is 1. The summed E-state index contributed by atoms with van der Waals surface area (Å²) in [7, 11) is 0. The van der Waals surface area contributed by atoms with Crippen LogP contribution in [0.1, 0.15) is 22.5 Å². The lowest BCUT2D eigenvalue weighted by Crippen LogP contribution is -2.26. The van der Waals surface area contributed by atoms with Crippen LogP contribution in [-0.4, -0.2) is 28.3 Å². The van der Waals surface area contributed by atoms with E-state index in [1.807, 2.05) is 6.07 Å². The van der Waals surface area contributed by atoms with Crippen LogP contribution in [0.15, 0.2) is 75.3 Å². The van der Waals surface area contributed by atoms with E-state index in [9.17, 15) is 9.59 Å². The molecule has 1 N–H and O–H groups in total. The zero-order chi connectivity index (χ0) is 21.8. The van der Waals surface area contributed by atoms with E-state index in [-0.39, 0.29) is 18.1 Å². The van der Waals surface area contributed by atoms with Crippen LogP contribution < -0.4 is 5.32 Å². The fourth-order valence-corrected chi connectivity index (χ4v) is 4.08. The van der Waals surface area contributed by atoms with E-state index >= 15 is 0 Å². The first-order chi connectivity index (χ1) is 15.0. The maximum absolute atomic E-state index is 12.3. The maximum atomic E-state index is 12.3. The first-order valence-electron chi connectivity index (χ1n) is 9.21. The molecule has 0 spiro atoms. The second kappa shape index (κ2) is 9.51. The molecule has 4 rings (SSSR count). The first kappa shape index (κ1) is 21.4. The smallest absolute Gasteiger partial charge is 0.240 e. The Hall–Kier alpha value is -2.87. The van der Waals surface area contributed by atoms with Crippen LogP contribution >= 0.6 is 35.0 Å². The summed E-state index contributed by atoms with van der Waals surface area (Å²) in [4.78, 5) is 24.5. The second-order valence-corrected chi connectivity index (χ2v) is 8.58. The molecule has 1 amide bonds. The molecule has 3 aromatic rings. The van der Waals surface area contributed by atoms with E-state index in [1.165, 1.54) is 18.0 Å². The number of nitrogens with one attached hydrogen (secondary N) is 1. The summed E-state index contributed by atoms with van der Waals surface area (Å²) in [5.74, 6) is 0.734. The molecule has 0 radical (unpaired) electrons. The zero-order valence-electron chi connectivity index (χ0n) is 15.9. The topological polar surface area (TPSA) is 84.0 Å². The minimum Gasteiger partial charge on any atom is -0.455 e. The van der Waals surface area contributed by atoms with Crippen LogP contribution in [0, 0.1) is 0 Å². The van der Waals surface area contributed by atoms with E-state index in [0.717, 1.165) is 5.56 Å². The number of furan rings is 1. The van der Waals surface area contributed by atoms with Crippen LogP contribution in [0.5, 0.6) is 0 Å². The molecule has 1 aliphatic heterocycles. The van der Waals surface area contributed by atoms with Gasteiger partial charge in [-0.1, -0.05) is 65.3 Å². The summed E-state index contributed by atoms with van der Waals surface area (Å²) in [6.45, 7) is 0. The van der Waals surface area contributed by atoms with Crippen molar-refractivity contribution in [3.63, 3.8) is 0 Å². The SMILES string of the molecule is O=C(CC1S/C(=N/N=C/c2ccc(-c3ccc(Cl)c(Cl)c3)o2)NC1=O)c1ccccc1. The van der Waals surface area contributed by atoms with Gasteiger partial charge in [0.2, 0.25) is 5.91 Å². The van der Waals surface area contributed by atoms with Gasteiger partial charge in [-0.25, -0.2) is 0 Å². The molecule has 1 fully saturated rings. The minimum absolute atomic E-state index is 0.0917. The average Bonchev–Trinajstić information content (AvgIpc) is 3.37. The van der Waals surface area contributed by atoms with Crippen LogP contribution in [-0.2, 0) is 4.79 Å². The number of nitrogens with zero attached hydrogens (tertiary/aromatic N) is 2. The first-order valence-corrected chi connectivity index (χ1v) is 10.9. The van der Waals surface area contributed by atoms with E-state index in [1.54, 1.807) is 54.6 Å². The van der Waals surface area contributed by atoms with Crippen LogP contribution in [0.3, 0.4) is 0 Å². The summed E-state index contributed by atoms with van der Waals surface area (Å²) in [5.41, 5.74) is 1.36. The fraction of sp³-hybridized carbons (Fsp3) is 0.0909. The van der Waals surface area contributed by atoms with Gasteiger partial charge >= 0.3 is 0 Å². The van der Waals surface area contributed by atoms with Gasteiger partial charge in [0.1, 0.15) is 11.5 Å². The highest BCUT2D eigenvalue weighted by Crippen LogP contribution is 2.29. The van der Waals surface area contributed by atoms with Crippen molar-refractivity contribution in [1.29, 1.82) is 0 Å². The number of thioether (sulfide) groups is 1. The van der Waals surface area contributed by atoms with E-state index in [2.05, 4.69) is 15.5 Å². The molecule has 0 bridgehead atoms. The lowest BCUT2D eigenvalue weighted by atomic mass is 10.1.